The van der Waals surface area contributed by atoms with E-state index in [0.717, 1.165) is 34.7 Å². The highest BCUT2D eigenvalue weighted by Crippen LogP contribution is 2.36. The molecule has 40 heavy (non-hydrogen) atoms. The van der Waals surface area contributed by atoms with Gasteiger partial charge in [0, 0.05) is 40.3 Å². The standard InChI is InChI=1S/C29H29ClF3N5O2/c1-16-8-9-18(36-27(40)35-17-10-11-23(30)22(14-17)29(31,32)33)15-24(16)37-26(39)21-7-5-6-20-19(21)12-13-34-25(20)38-28(2,3)4/h5-11,14-15H,12-13H2,1-4H3,(H,34,38)(H,37,39)(H2,35,36,40). The molecule has 0 aliphatic carbocycles. The molecule has 210 valence electrons. The second kappa shape index (κ2) is 11.2. The van der Waals surface area contributed by atoms with E-state index in [9.17, 15) is 22.8 Å². The second-order valence-electron chi connectivity index (χ2n) is 10.4. The number of aliphatic imine (C=N–C) groups is 1. The minimum atomic E-state index is -4.66. The molecule has 7 nitrogen and oxygen atoms in total. The molecule has 3 amide bonds. The third-order valence-electron chi connectivity index (χ3n) is 6.07. The van der Waals surface area contributed by atoms with E-state index in [1.165, 1.54) is 6.07 Å². The molecule has 4 N–H and O–H groups in total. The Labute approximate surface area is 235 Å². The first-order valence-corrected chi connectivity index (χ1v) is 12.9. The molecule has 1 heterocycles. The van der Waals surface area contributed by atoms with Crippen molar-refractivity contribution >= 4 is 46.4 Å². The molecule has 0 saturated carbocycles. The topological polar surface area (TPSA) is 94.6 Å². The fourth-order valence-corrected chi connectivity index (χ4v) is 4.48. The van der Waals surface area contributed by atoms with Crippen molar-refractivity contribution in [1.29, 1.82) is 0 Å². The number of nitrogens with zero attached hydrogens (tertiary/aromatic N) is 1. The third-order valence-corrected chi connectivity index (χ3v) is 6.40. The molecule has 3 aromatic carbocycles. The van der Waals surface area contributed by atoms with E-state index in [1.54, 1.807) is 24.3 Å². The molecule has 0 saturated heterocycles. The van der Waals surface area contributed by atoms with Gasteiger partial charge >= 0.3 is 12.2 Å². The van der Waals surface area contributed by atoms with Crippen LogP contribution in [-0.2, 0) is 12.6 Å². The number of amidine groups is 1. The number of aryl methyl sites for hydroxylation is 1. The molecule has 0 fully saturated rings. The number of fused-ring (bicyclic) bond motifs is 1. The lowest BCUT2D eigenvalue weighted by Crippen LogP contribution is -2.42. The average Bonchev–Trinajstić information content (AvgIpc) is 2.85. The van der Waals surface area contributed by atoms with Crippen molar-refractivity contribution in [3.05, 3.63) is 87.4 Å². The van der Waals surface area contributed by atoms with E-state index < -0.39 is 22.8 Å². The molecule has 0 unspecified atom stereocenters. The molecular weight excluding hydrogens is 543 g/mol. The van der Waals surface area contributed by atoms with Crippen LogP contribution in [0.3, 0.4) is 0 Å². The van der Waals surface area contributed by atoms with Gasteiger partial charge in [-0.1, -0.05) is 29.8 Å². The predicted octanol–water partition coefficient (Wildman–Crippen LogP) is 7.25. The largest absolute Gasteiger partial charge is 0.417 e. The lowest BCUT2D eigenvalue weighted by molar-refractivity contribution is -0.137. The summed E-state index contributed by atoms with van der Waals surface area (Å²) in [6.45, 7) is 8.49. The summed E-state index contributed by atoms with van der Waals surface area (Å²) in [5.41, 5.74) is 2.55. The fraction of sp³-hybridized carbons (Fsp3) is 0.276. The molecule has 4 rings (SSSR count). The Balaban J connectivity index is 1.50. The van der Waals surface area contributed by atoms with Crippen LogP contribution >= 0.6 is 11.6 Å². The van der Waals surface area contributed by atoms with E-state index in [4.69, 9.17) is 11.6 Å². The first-order chi connectivity index (χ1) is 18.7. The van der Waals surface area contributed by atoms with Gasteiger partial charge < -0.3 is 21.3 Å². The zero-order valence-electron chi connectivity index (χ0n) is 22.4. The number of hydrogen-bond donors (Lipinski definition) is 4. The number of benzene rings is 3. The van der Waals surface area contributed by atoms with Crippen molar-refractivity contribution in [2.75, 3.05) is 22.5 Å². The maximum absolute atomic E-state index is 13.4. The van der Waals surface area contributed by atoms with Gasteiger partial charge in [-0.05, 0) is 81.6 Å². The predicted molar refractivity (Wildman–Crippen MR) is 153 cm³/mol. The van der Waals surface area contributed by atoms with Crippen molar-refractivity contribution in [3.63, 3.8) is 0 Å². The summed E-state index contributed by atoms with van der Waals surface area (Å²) in [5, 5.41) is 10.8. The summed E-state index contributed by atoms with van der Waals surface area (Å²) >= 11 is 5.64. The van der Waals surface area contributed by atoms with E-state index in [0.29, 0.717) is 29.9 Å². The summed E-state index contributed by atoms with van der Waals surface area (Å²) in [6, 6.07) is 12.8. The average molecular weight is 572 g/mol. The Hall–Kier alpha value is -4.05. The number of amides is 3. The van der Waals surface area contributed by atoms with Crippen molar-refractivity contribution < 1.29 is 22.8 Å². The molecule has 0 bridgehead atoms. The van der Waals surface area contributed by atoms with Gasteiger partial charge in [0.05, 0.1) is 10.6 Å². The van der Waals surface area contributed by atoms with Gasteiger partial charge in [-0.3, -0.25) is 9.79 Å². The van der Waals surface area contributed by atoms with Crippen LogP contribution in [0.2, 0.25) is 5.02 Å². The van der Waals surface area contributed by atoms with Gasteiger partial charge in [0.15, 0.2) is 0 Å². The summed E-state index contributed by atoms with van der Waals surface area (Å²) in [7, 11) is 0. The summed E-state index contributed by atoms with van der Waals surface area (Å²) < 4.78 is 39.4. The van der Waals surface area contributed by atoms with Crippen molar-refractivity contribution in [1.82, 2.24) is 5.32 Å². The van der Waals surface area contributed by atoms with E-state index >= 15 is 0 Å². The Bertz CT molecular complexity index is 1500. The number of carbonyl (C=O) groups excluding carboxylic acids is 2. The SMILES string of the molecule is Cc1ccc(NC(=O)Nc2ccc(Cl)c(C(F)(F)F)c2)cc1NC(=O)c1cccc2c1CCN=C2NC(C)(C)C. The van der Waals surface area contributed by atoms with Crippen LogP contribution < -0.4 is 21.3 Å². The monoisotopic (exact) mass is 571 g/mol. The normalized spacial score (nSPS) is 13.2. The van der Waals surface area contributed by atoms with Crippen LogP contribution in [0, 0.1) is 6.92 Å². The summed E-state index contributed by atoms with van der Waals surface area (Å²) in [4.78, 5) is 30.5. The van der Waals surface area contributed by atoms with Gasteiger partial charge in [0.2, 0.25) is 0 Å². The van der Waals surface area contributed by atoms with Crippen molar-refractivity contribution in [2.45, 2.75) is 45.8 Å². The van der Waals surface area contributed by atoms with Gasteiger partial charge in [-0.2, -0.15) is 13.2 Å². The number of anilines is 3. The lowest BCUT2D eigenvalue weighted by atomic mass is 9.94. The lowest BCUT2D eigenvalue weighted by Gasteiger charge is -2.27. The highest BCUT2D eigenvalue weighted by molar-refractivity contribution is 6.31. The molecule has 3 aromatic rings. The fourth-order valence-electron chi connectivity index (χ4n) is 4.26. The highest BCUT2D eigenvalue weighted by Gasteiger charge is 2.33. The Morgan fingerprint density at radius 3 is 2.27 bits per heavy atom. The maximum atomic E-state index is 13.4. The van der Waals surface area contributed by atoms with Gasteiger partial charge in [-0.25, -0.2) is 4.79 Å². The van der Waals surface area contributed by atoms with E-state index in [1.807, 2.05) is 39.8 Å². The third kappa shape index (κ3) is 6.93. The van der Waals surface area contributed by atoms with Crippen LogP contribution in [0.15, 0.2) is 59.6 Å². The van der Waals surface area contributed by atoms with Gasteiger partial charge in [-0.15, -0.1) is 0 Å². The maximum Gasteiger partial charge on any atom is 0.417 e. The van der Waals surface area contributed by atoms with Crippen LogP contribution in [-0.4, -0.2) is 29.9 Å². The minimum absolute atomic E-state index is 0.0763. The zero-order valence-corrected chi connectivity index (χ0v) is 23.1. The number of carbonyl (C=O) groups is 2. The quantitative estimate of drug-likeness (QED) is 0.265. The van der Waals surface area contributed by atoms with Crippen LogP contribution in [0.25, 0.3) is 0 Å². The number of hydrogen-bond acceptors (Lipinski definition) is 4. The molecule has 0 radical (unpaired) electrons. The molecule has 0 spiro atoms. The molecule has 0 aromatic heterocycles. The zero-order chi connectivity index (χ0) is 29.2. The summed E-state index contributed by atoms with van der Waals surface area (Å²) in [6.07, 6.45) is -4.04. The van der Waals surface area contributed by atoms with E-state index in [-0.39, 0.29) is 17.1 Å². The van der Waals surface area contributed by atoms with Crippen LogP contribution in [0.1, 0.15) is 53.4 Å². The van der Waals surface area contributed by atoms with Crippen LogP contribution in [0.4, 0.5) is 35.0 Å². The number of rotatable bonds is 4. The molecule has 0 atom stereocenters. The number of urea groups is 1. The van der Waals surface area contributed by atoms with Crippen molar-refractivity contribution in [3.8, 4) is 0 Å². The summed E-state index contributed by atoms with van der Waals surface area (Å²) in [5.74, 6) is 0.444. The minimum Gasteiger partial charge on any atom is -0.365 e. The van der Waals surface area contributed by atoms with Crippen molar-refractivity contribution in [2.24, 2.45) is 4.99 Å². The number of nitrogens with one attached hydrogen (secondary N) is 4. The number of alkyl halides is 3. The van der Waals surface area contributed by atoms with E-state index in [2.05, 4.69) is 26.3 Å². The molecule has 1 aliphatic rings. The molecule has 11 heteroatoms. The Kier molecular flexibility index (Phi) is 8.11. The van der Waals surface area contributed by atoms with Crippen LogP contribution in [0.5, 0.6) is 0 Å². The first kappa shape index (κ1) is 28.9. The smallest absolute Gasteiger partial charge is 0.365 e. The second-order valence-corrected chi connectivity index (χ2v) is 10.8. The van der Waals surface area contributed by atoms with Gasteiger partial charge in [0.1, 0.15) is 5.84 Å². The molecular formula is C29H29ClF3N5O2. The molecule has 1 aliphatic heterocycles. The van der Waals surface area contributed by atoms with Gasteiger partial charge in [0.25, 0.3) is 5.91 Å². The highest BCUT2D eigenvalue weighted by atomic mass is 35.5. The number of halogens is 4. The Morgan fingerprint density at radius 2 is 1.60 bits per heavy atom. The Morgan fingerprint density at radius 1 is 0.925 bits per heavy atom. The first-order valence-electron chi connectivity index (χ1n) is 12.5.